The number of amides is 1. The fourth-order valence-electron chi connectivity index (χ4n) is 1.83. The van der Waals surface area contributed by atoms with Gasteiger partial charge in [0.25, 0.3) is 5.91 Å². The summed E-state index contributed by atoms with van der Waals surface area (Å²) in [6.45, 7) is 1.94. The number of carbonyl (C=O) groups excluding carboxylic acids is 1. The van der Waals surface area contributed by atoms with Gasteiger partial charge in [-0.2, -0.15) is 0 Å². The number of hydrogen-bond acceptors (Lipinski definition) is 2. The Bertz CT molecular complexity index is 660. The second-order valence-electron chi connectivity index (χ2n) is 4.65. The zero-order valence-electron chi connectivity index (χ0n) is 11.8. The second-order valence-corrected chi connectivity index (χ2v) is 5.98. The van der Waals surface area contributed by atoms with Crippen molar-refractivity contribution in [3.63, 3.8) is 0 Å². The van der Waals surface area contributed by atoms with Crippen LogP contribution < -0.4 is 9.64 Å². The molecule has 0 aromatic heterocycles. The molecular formula is C16H15BrClNO2. The maximum atomic E-state index is 12.2. The van der Waals surface area contributed by atoms with Crippen LogP contribution in [0.15, 0.2) is 46.9 Å². The molecule has 2 aromatic carbocycles. The van der Waals surface area contributed by atoms with E-state index in [2.05, 4.69) is 15.9 Å². The average Bonchev–Trinajstić information content (AvgIpc) is 2.44. The lowest BCUT2D eigenvalue weighted by atomic mass is 10.2. The number of carbonyl (C=O) groups is 1. The van der Waals surface area contributed by atoms with Crippen molar-refractivity contribution in [1.29, 1.82) is 0 Å². The molecule has 0 heterocycles. The smallest absolute Gasteiger partial charge is 0.264 e. The normalized spacial score (nSPS) is 10.3. The minimum atomic E-state index is -0.166. The van der Waals surface area contributed by atoms with E-state index in [1.807, 2.05) is 37.3 Å². The molecule has 0 fully saturated rings. The Balaban J connectivity index is 2.02. The van der Waals surface area contributed by atoms with Crippen LogP contribution >= 0.6 is 27.5 Å². The topological polar surface area (TPSA) is 29.5 Å². The number of likely N-dealkylation sites (N-methyl/N-ethyl adjacent to an activating group) is 1. The van der Waals surface area contributed by atoms with Crippen molar-refractivity contribution >= 4 is 39.1 Å². The lowest BCUT2D eigenvalue weighted by molar-refractivity contribution is -0.120. The summed E-state index contributed by atoms with van der Waals surface area (Å²) >= 11 is 9.48. The van der Waals surface area contributed by atoms with Gasteiger partial charge in [0.05, 0.1) is 10.7 Å². The van der Waals surface area contributed by atoms with Crippen LogP contribution in [0, 0.1) is 6.92 Å². The molecule has 0 N–H and O–H groups in total. The van der Waals surface area contributed by atoms with Gasteiger partial charge in [-0.25, -0.2) is 0 Å². The SMILES string of the molecule is Cc1cccc(OCC(=O)N(C)c2ccc(Br)cc2Cl)c1. The summed E-state index contributed by atoms with van der Waals surface area (Å²) in [4.78, 5) is 13.7. The van der Waals surface area contributed by atoms with Crippen molar-refractivity contribution in [2.24, 2.45) is 0 Å². The minimum absolute atomic E-state index is 0.0354. The molecule has 2 aromatic rings. The Morgan fingerprint density at radius 3 is 2.71 bits per heavy atom. The van der Waals surface area contributed by atoms with Crippen molar-refractivity contribution in [3.8, 4) is 5.75 Å². The summed E-state index contributed by atoms with van der Waals surface area (Å²) < 4.78 is 6.38. The molecule has 0 atom stereocenters. The number of hydrogen-bond donors (Lipinski definition) is 0. The summed E-state index contributed by atoms with van der Waals surface area (Å²) in [6, 6.07) is 13.0. The molecule has 0 aliphatic carbocycles. The zero-order valence-corrected chi connectivity index (χ0v) is 14.1. The van der Waals surface area contributed by atoms with Gasteiger partial charge in [-0.05, 0) is 42.8 Å². The maximum Gasteiger partial charge on any atom is 0.264 e. The Kier molecular flexibility index (Phi) is 5.26. The predicted octanol–water partition coefficient (Wildman–Crippen LogP) is 4.45. The molecule has 0 aliphatic heterocycles. The average molecular weight is 369 g/mol. The third kappa shape index (κ3) is 4.22. The molecule has 1 amide bonds. The molecule has 110 valence electrons. The first-order chi connectivity index (χ1) is 9.97. The van der Waals surface area contributed by atoms with Gasteiger partial charge in [-0.15, -0.1) is 0 Å². The first-order valence-corrected chi connectivity index (χ1v) is 7.55. The molecule has 0 bridgehead atoms. The molecule has 0 spiro atoms. The van der Waals surface area contributed by atoms with E-state index in [-0.39, 0.29) is 12.5 Å². The highest BCUT2D eigenvalue weighted by atomic mass is 79.9. The van der Waals surface area contributed by atoms with Gasteiger partial charge in [0.1, 0.15) is 5.75 Å². The number of benzene rings is 2. The monoisotopic (exact) mass is 367 g/mol. The maximum absolute atomic E-state index is 12.2. The van der Waals surface area contributed by atoms with Crippen molar-refractivity contribution in [1.82, 2.24) is 0 Å². The van der Waals surface area contributed by atoms with E-state index in [1.54, 1.807) is 19.2 Å². The quantitative estimate of drug-likeness (QED) is 0.798. The van der Waals surface area contributed by atoms with Gasteiger partial charge in [-0.3, -0.25) is 4.79 Å². The molecule has 0 aliphatic rings. The van der Waals surface area contributed by atoms with E-state index < -0.39 is 0 Å². The van der Waals surface area contributed by atoms with E-state index in [0.29, 0.717) is 16.5 Å². The van der Waals surface area contributed by atoms with Crippen LogP contribution in [0.1, 0.15) is 5.56 Å². The third-order valence-electron chi connectivity index (χ3n) is 3.00. The van der Waals surface area contributed by atoms with Crippen LogP contribution in [0.2, 0.25) is 5.02 Å². The molecule has 0 saturated carbocycles. The highest BCUT2D eigenvalue weighted by Crippen LogP contribution is 2.28. The van der Waals surface area contributed by atoms with Gasteiger partial charge in [0.2, 0.25) is 0 Å². The summed E-state index contributed by atoms with van der Waals surface area (Å²) in [5.74, 6) is 0.513. The van der Waals surface area contributed by atoms with Crippen LogP contribution in [-0.2, 0) is 4.79 Å². The number of anilines is 1. The van der Waals surface area contributed by atoms with Crippen LogP contribution in [0.4, 0.5) is 5.69 Å². The Morgan fingerprint density at radius 2 is 2.05 bits per heavy atom. The zero-order chi connectivity index (χ0) is 15.4. The number of ether oxygens (including phenoxy) is 1. The molecule has 5 heteroatoms. The molecule has 2 rings (SSSR count). The Hall–Kier alpha value is -1.52. The lowest BCUT2D eigenvalue weighted by Gasteiger charge is -2.19. The van der Waals surface area contributed by atoms with E-state index in [4.69, 9.17) is 16.3 Å². The third-order valence-corrected chi connectivity index (χ3v) is 3.79. The van der Waals surface area contributed by atoms with E-state index in [9.17, 15) is 4.79 Å². The van der Waals surface area contributed by atoms with E-state index >= 15 is 0 Å². The van der Waals surface area contributed by atoms with Gasteiger partial charge < -0.3 is 9.64 Å². The molecule has 0 radical (unpaired) electrons. The summed E-state index contributed by atoms with van der Waals surface area (Å²) in [5, 5.41) is 0.510. The molecule has 0 unspecified atom stereocenters. The van der Waals surface area contributed by atoms with Crippen molar-refractivity contribution in [2.75, 3.05) is 18.6 Å². The van der Waals surface area contributed by atoms with Crippen LogP contribution in [0.3, 0.4) is 0 Å². The Morgan fingerprint density at radius 1 is 1.29 bits per heavy atom. The second kappa shape index (κ2) is 6.96. The molecule has 0 saturated heterocycles. The Labute approximate surface area is 137 Å². The first kappa shape index (κ1) is 15.9. The number of rotatable bonds is 4. The van der Waals surface area contributed by atoms with Crippen molar-refractivity contribution < 1.29 is 9.53 Å². The van der Waals surface area contributed by atoms with Crippen LogP contribution in [0.25, 0.3) is 0 Å². The van der Waals surface area contributed by atoms with Gasteiger partial charge in [0.15, 0.2) is 6.61 Å². The number of aryl methyl sites for hydroxylation is 1. The summed E-state index contributed by atoms with van der Waals surface area (Å²) in [6.07, 6.45) is 0. The highest BCUT2D eigenvalue weighted by Gasteiger charge is 2.14. The number of nitrogens with zero attached hydrogens (tertiary/aromatic N) is 1. The van der Waals surface area contributed by atoms with E-state index in [0.717, 1.165) is 10.0 Å². The van der Waals surface area contributed by atoms with Gasteiger partial charge >= 0.3 is 0 Å². The molecule has 3 nitrogen and oxygen atoms in total. The summed E-state index contributed by atoms with van der Waals surface area (Å²) in [5.41, 5.74) is 1.74. The molecular weight excluding hydrogens is 354 g/mol. The standard InChI is InChI=1S/C16H15BrClNO2/c1-11-4-3-5-13(8-11)21-10-16(20)19(2)15-7-6-12(17)9-14(15)18/h3-9H,10H2,1-2H3. The first-order valence-electron chi connectivity index (χ1n) is 6.38. The van der Waals surface area contributed by atoms with Gasteiger partial charge in [0, 0.05) is 11.5 Å². The van der Waals surface area contributed by atoms with Gasteiger partial charge in [-0.1, -0.05) is 39.7 Å². The summed E-state index contributed by atoms with van der Waals surface area (Å²) in [7, 11) is 1.68. The van der Waals surface area contributed by atoms with Crippen LogP contribution in [0.5, 0.6) is 5.75 Å². The minimum Gasteiger partial charge on any atom is -0.484 e. The largest absolute Gasteiger partial charge is 0.484 e. The predicted molar refractivity (Wildman–Crippen MR) is 89.2 cm³/mol. The fourth-order valence-corrected chi connectivity index (χ4v) is 2.63. The van der Waals surface area contributed by atoms with Crippen molar-refractivity contribution in [3.05, 3.63) is 57.5 Å². The van der Waals surface area contributed by atoms with E-state index in [1.165, 1.54) is 4.90 Å². The van der Waals surface area contributed by atoms with Crippen LogP contribution in [-0.4, -0.2) is 19.6 Å². The molecule has 21 heavy (non-hydrogen) atoms. The number of halogens is 2. The highest BCUT2D eigenvalue weighted by molar-refractivity contribution is 9.10. The van der Waals surface area contributed by atoms with Crippen molar-refractivity contribution in [2.45, 2.75) is 6.92 Å². The fraction of sp³-hybridized carbons (Fsp3) is 0.188. The lowest BCUT2D eigenvalue weighted by Crippen LogP contribution is -2.31.